The molecule has 110 valence electrons. The van der Waals surface area contributed by atoms with Crippen LogP contribution < -0.4 is 0 Å². The van der Waals surface area contributed by atoms with Crippen molar-refractivity contribution in [3.8, 4) is 11.1 Å². The Morgan fingerprint density at radius 2 is 1.68 bits per heavy atom. The van der Waals surface area contributed by atoms with Crippen LogP contribution in [0.3, 0.4) is 0 Å². The van der Waals surface area contributed by atoms with E-state index in [1.165, 1.54) is 6.33 Å². The first kappa shape index (κ1) is 14.5. The molecule has 1 aromatic heterocycles. The molecule has 0 unspecified atom stereocenters. The molecule has 0 saturated carbocycles. The number of halogens is 1. The predicted octanol–water partition coefficient (Wildman–Crippen LogP) is 3.59. The summed E-state index contributed by atoms with van der Waals surface area (Å²) in [5.41, 5.74) is 3.62. The first-order chi connectivity index (χ1) is 10.8. The Labute approximate surface area is 136 Å². The van der Waals surface area contributed by atoms with E-state index in [0.29, 0.717) is 12.3 Å². The lowest BCUT2D eigenvalue weighted by atomic mass is 10.0. The molecule has 6 heteroatoms. The van der Waals surface area contributed by atoms with Crippen molar-refractivity contribution in [2.75, 3.05) is 0 Å². The molecule has 0 aliphatic carbocycles. The van der Waals surface area contributed by atoms with E-state index in [1.54, 1.807) is 11.0 Å². The zero-order valence-electron chi connectivity index (χ0n) is 11.6. The molecule has 0 bridgehead atoms. The van der Waals surface area contributed by atoms with E-state index in [0.717, 1.165) is 21.2 Å². The van der Waals surface area contributed by atoms with Crippen molar-refractivity contribution in [1.29, 1.82) is 0 Å². The maximum Gasteiger partial charge on any atom is 0.137 e. The molecule has 0 spiro atoms. The summed E-state index contributed by atoms with van der Waals surface area (Å²) in [5.74, 6) is 0. The van der Waals surface area contributed by atoms with E-state index in [4.69, 9.17) is 0 Å². The molecule has 2 aromatic carbocycles. The second-order valence-corrected chi connectivity index (χ2v) is 5.64. The molecule has 0 fully saturated rings. The van der Waals surface area contributed by atoms with Crippen molar-refractivity contribution < 1.29 is 5.21 Å². The minimum Gasteiger partial charge on any atom is -0.411 e. The predicted molar refractivity (Wildman–Crippen MR) is 87.9 cm³/mol. The fourth-order valence-electron chi connectivity index (χ4n) is 2.15. The first-order valence-corrected chi connectivity index (χ1v) is 7.45. The molecule has 1 heterocycles. The molecule has 0 amide bonds. The Balaban J connectivity index is 1.82. The van der Waals surface area contributed by atoms with E-state index in [9.17, 15) is 5.21 Å². The molecule has 22 heavy (non-hydrogen) atoms. The maximum atomic E-state index is 9.22. The standard InChI is InChI=1S/C16H13BrN4O/c17-15-7-5-13(6-8-15)12-1-3-14(4-2-12)16(20-22)9-21-11-18-10-19-21/h1-8,10-11,22H,9H2. The monoisotopic (exact) mass is 356 g/mol. The zero-order chi connectivity index (χ0) is 15.4. The molecule has 0 aliphatic heterocycles. The van der Waals surface area contributed by atoms with Gasteiger partial charge in [-0.2, -0.15) is 5.10 Å². The van der Waals surface area contributed by atoms with E-state index in [1.807, 2.05) is 36.4 Å². The minimum atomic E-state index is 0.369. The Kier molecular flexibility index (Phi) is 4.29. The maximum absolute atomic E-state index is 9.22. The number of hydrogen-bond donors (Lipinski definition) is 1. The van der Waals surface area contributed by atoms with Crippen LogP contribution in [0, 0.1) is 0 Å². The van der Waals surface area contributed by atoms with Crippen LogP contribution in [0.4, 0.5) is 0 Å². The van der Waals surface area contributed by atoms with Gasteiger partial charge in [0.15, 0.2) is 0 Å². The van der Waals surface area contributed by atoms with Crippen LogP contribution in [0.5, 0.6) is 0 Å². The third kappa shape index (κ3) is 3.23. The highest BCUT2D eigenvalue weighted by molar-refractivity contribution is 9.10. The van der Waals surface area contributed by atoms with E-state index >= 15 is 0 Å². The lowest BCUT2D eigenvalue weighted by Gasteiger charge is -2.07. The van der Waals surface area contributed by atoms with E-state index in [2.05, 4.69) is 43.3 Å². The van der Waals surface area contributed by atoms with Crippen LogP contribution in [-0.2, 0) is 6.54 Å². The molecule has 5 nitrogen and oxygen atoms in total. The van der Waals surface area contributed by atoms with E-state index < -0.39 is 0 Å². The number of nitrogens with zero attached hydrogens (tertiary/aromatic N) is 4. The average Bonchev–Trinajstić information content (AvgIpc) is 3.07. The summed E-state index contributed by atoms with van der Waals surface area (Å²) in [6, 6.07) is 16.0. The number of hydrogen-bond acceptors (Lipinski definition) is 4. The summed E-state index contributed by atoms with van der Waals surface area (Å²) in [7, 11) is 0. The van der Waals surface area contributed by atoms with Gasteiger partial charge in [0.05, 0.1) is 6.54 Å². The van der Waals surface area contributed by atoms with Crippen LogP contribution in [0.25, 0.3) is 11.1 Å². The smallest absolute Gasteiger partial charge is 0.137 e. The average molecular weight is 357 g/mol. The minimum absolute atomic E-state index is 0.369. The van der Waals surface area contributed by atoms with Gasteiger partial charge in [-0.15, -0.1) is 0 Å². The van der Waals surface area contributed by atoms with Crippen LogP contribution in [0.2, 0.25) is 0 Å². The van der Waals surface area contributed by atoms with Gasteiger partial charge in [-0.3, -0.25) is 0 Å². The van der Waals surface area contributed by atoms with Crippen LogP contribution in [0.1, 0.15) is 5.56 Å². The lowest BCUT2D eigenvalue weighted by Crippen LogP contribution is -2.12. The normalized spacial score (nSPS) is 11.6. The van der Waals surface area contributed by atoms with Gasteiger partial charge in [-0.1, -0.05) is 57.5 Å². The summed E-state index contributed by atoms with van der Waals surface area (Å²) in [6.07, 6.45) is 3.03. The largest absolute Gasteiger partial charge is 0.411 e. The molecule has 3 aromatic rings. The number of rotatable bonds is 4. The summed E-state index contributed by atoms with van der Waals surface area (Å²) >= 11 is 3.43. The van der Waals surface area contributed by atoms with Gasteiger partial charge in [-0.25, -0.2) is 9.67 Å². The third-order valence-electron chi connectivity index (χ3n) is 3.29. The molecular formula is C16H13BrN4O. The first-order valence-electron chi connectivity index (χ1n) is 6.66. The fraction of sp³-hybridized carbons (Fsp3) is 0.0625. The lowest BCUT2D eigenvalue weighted by molar-refractivity contribution is 0.317. The summed E-state index contributed by atoms with van der Waals surface area (Å²) in [4.78, 5) is 3.88. The van der Waals surface area contributed by atoms with Gasteiger partial charge in [0.2, 0.25) is 0 Å². The van der Waals surface area contributed by atoms with Crippen LogP contribution in [0.15, 0.2) is 70.8 Å². The van der Waals surface area contributed by atoms with Crippen molar-refractivity contribution in [2.45, 2.75) is 6.54 Å². The highest BCUT2D eigenvalue weighted by Gasteiger charge is 2.07. The van der Waals surface area contributed by atoms with Gasteiger partial charge in [-0.05, 0) is 23.3 Å². The summed E-state index contributed by atoms with van der Waals surface area (Å²) in [5, 5.41) is 16.6. The zero-order valence-corrected chi connectivity index (χ0v) is 13.2. The molecular weight excluding hydrogens is 344 g/mol. The molecule has 0 atom stereocenters. The molecule has 0 radical (unpaired) electrons. The number of benzene rings is 2. The van der Waals surface area contributed by atoms with Crippen LogP contribution >= 0.6 is 15.9 Å². The van der Waals surface area contributed by atoms with Gasteiger partial charge in [0, 0.05) is 10.0 Å². The van der Waals surface area contributed by atoms with Crippen molar-refractivity contribution in [1.82, 2.24) is 14.8 Å². The second-order valence-electron chi connectivity index (χ2n) is 4.72. The number of oxime groups is 1. The van der Waals surface area contributed by atoms with Crippen molar-refractivity contribution in [2.24, 2.45) is 5.16 Å². The Morgan fingerprint density at radius 1 is 1.05 bits per heavy atom. The van der Waals surface area contributed by atoms with Crippen molar-refractivity contribution >= 4 is 21.6 Å². The van der Waals surface area contributed by atoms with Crippen molar-refractivity contribution in [3.63, 3.8) is 0 Å². The highest BCUT2D eigenvalue weighted by Crippen LogP contribution is 2.22. The molecule has 1 N–H and O–H groups in total. The Morgan fingerprint density at radius 3 is 2.23 bits per heavy atom. The quantitative estimate of drug-likeness (QED) is 0.441. The summed E-state index contributed by atoms with van der Waals surface area (Å²) < 4.78 is 2.66. The molecule has 3 rings (SSSR count). The third-order valence-corrected chi connectivity index (χ3v) is 3.82. The number of aromatic nitrogens is 3. The Hall–Kier alpha value is -2.47. The van der Waals surface area contributed by atoms with Crippen LogP contribution in [-0.4, -0.2) is 25.7 Å². The molecule has 0 aliphatic rings. The van der Waals surface area contributed by atoms with Gasteiger partial charge in [0.1, 0.15) is 18.4 Å². The van der Waals surface area contributed by atoms with E-state index in [-0.39, 0.29) is 0 Å². The topological polar surface area (TPSA) is 63.3 Å². The van der Waals surface area contributed by atoms with Gasteiger partial charge in [0.25, 0.3) is 0 Å². The summed E-state index contributed by atoms with van der Waals surface area (Å²) in [6.45, 7) is 0.369. The Bertz CT molecular complexity index is 765. The second kappa shape index (κ2) is 6.53. The molecule has 0 saturated heterocycles. The van der Waals surface area contributed by atoms with Crippen molar-refractivity contribution in [3.05, 3.63) is 71.2 Å². The fourth-order valence-corrected chi connectivity index (χ4v) is 2.41. The SMILES string of the molecule is ON=C(Cn1cncn1)c1ccc(-c2ccc(Br)cc2)cc1. The highest BCUT2D eigenvalue weighted by atomic mass is 79.9. The van der Waals surface area contributed by atoms with Gasteiger partial charge >= 0.3 is 0 Å². The van der Waals surface area contributed by atoms with Gasteiger partial charge < -0.3 is 5.21 Å².